The molecule has 0 radical (unpaired) electrons. The zero-order valence-electron chi connectivity index (χ0n) is 8.44. The normalized spacial score (nSPS) is 13.4. The molecule has 0 aliphatic rings. The van der Waals surface area contributed by atoms with Crippen LogP contribution in [0.2, 0.25) is 0 Å². The highest BCUT2D eigenvalue weighted by Gasteiger charge is 2.22. The van der Waals surface area contributed by atoms with E-state index in [2.05, 4.69) is 17.2 Å². The molecule has 0 rings (SSSR count). The van der Waals surface area contributed by atoms with Gasteiger partial charge in [-0.1, -0.05) is 0 Å². The molecule has 12 heavy (non-hydrogen) atoms. The van der Waals surface area contributed by atoms with Crippen molar-refractivity contribution in [2.45, 2.75) is 45.8 Å². The lowest BCUT2D eigenvalue weighted by Gasteiger charge is -2.29. The maximum absolute atomic E-state index is 9.34. The van der Waals surface area contributed by atoms with Crippen molar-refractivity contribution in [3.63, 3.8) is 0 Å². The Labute approximate surface area is 75.4 Å². The topological polar surface area (TPSA) is 32.3 Å². The van der Waals surface area contributed by atoms with Gasteiger partial charge in [0, 0.05) is 18.5 Å². The highest BCUT2D eigenvalue weighted by molar-refractivity contribution is 4.96. The third kappa shape index (κ3) is 4.38. The Bertz CT molecular complexity index is 174. The zero-order valence-corrected chi connectivity index (χ0v) is 8.44. The van der Waals surface area contributed by atoms with Crippen LogP contribution in [0.4, 0.5) is 0 Å². The van der Waals surface area contributed by atoms with E-state index in [-0.39, 0.29) is 11.6 Å². The zero-order chi connectivity index (χ0) is 9.61. The molecule has 0 saturated heterocycles. The van der Waals surface area contributed by atoms with Crippen molar-refractivity contribution in [3.8, 4) is 11.8 Å². The van der Waals surface area contributed by atoms with Crippen LogP contribution in [-0.2, 0) is 0 Å². The van der Waals surface area contributed by atoms with E-state index in [1.807, 2.05) is 20.8 Å². The van der Waals surface area contributed by atoms with E-state index in [1.165, 1.54) is 0 Å². The van der Waals surface area contributed by atoms with Gasteiger partial charge in [-0.15, -0.1) is 11.8 Å². The van der Waals surface area contributed by atoms with Crippen molar-refractivity contribution in [1.82, 2.24) is 5.32 Å². The summed E-state index contributed by atoms with van der Waals surface area (Å²) in [5.74, 6) is 5.80. The van der Waals surface area contributed by atoms with Crippen molar-refractivity contribution in [3.05, 3.63) is 0 Å². The minimum absolute atomic E-state index is 0.213. The Balaban J connectivity index is 3.66. The van der Waals surface area contributed by atoms with Crippen molar-refractivity contribution < 1.29 is 5.11 Å². The average Bonchev–Trinajstić information content (AvgIpc) is 1.98. The smallest absolute Gasteiger partial charge is 0.0688 e. The summed E-state index contributed by atoms with van der Waals surface area (Å²) in [6.45, 7) is 8.42. The van der Waals surface area contributed by atoms with Gasteiger partial charge in [-0.05, 0) is 27.7 Å². The predicted octanol–water partition coefficient (Wildman–Crippen LogP) is 1.15. The molecule has 0 fully saturated rings. The molecule has 0 bridgehead atoms. The molecule has 0 heterocycles. The van der Waals surface area contributed by atoms with Gasteiger partial charge in [0.1, 0.15) is 0 Å². The molecule has 2 heteroatoms. The van der Waals surface area contributed by atoms with Crippen molar-refractivity contribution in [2.24, 2.45) is 0 Å². The fraction of sp³-hybridized carbons (Fsp3) is 0.800. The quantitative estimate of drug-likeness (QED) is 0.489. The summed E-state index contributed by atoms with van der Waals surface area (Å²) < 4.78 is 0. The summed E-state index contributed by atoms with van der Waals surface area (Å²) in [4.78, 5) is 0. The minimum atomic E-state index is -0.341. The number of rotatable bonds is 4. The maximum atomic E-state index is 9.34. The second kappa shape index (κ2) is 5.18. The summed E-state index contributed by atoms with van der Waals surface area (Å²) in [5, 5.41) is 12.6. The first-order chi connectivity index (χ1) is 5.50. The molecule has 0 aliphatic carbocycles. The van der Waals surface area contributed by atoms with Crippen LogP contribution in [0, 0.1) is 11.8 Å². The van der Waals surface area contributed by atoms with E-state index in [9.17, 15) is 5.11 Å². The van der Waals surface area contributed by atoms with Crippen molar-refractivity contribution in [2.75, 3.05) is 6.54 Å². The van der Waals surface area contributed by atoms with Gasteiger partial charge >= 0.3 is 0 Å². The second-order valence-corrected chi connectivity index (χ2v) is 3.50. The van der Waals surface area contributed by atoms with E-state index >= 15 is 0 Å². The Morgan fingerprint density at radius 1 is 1.50 bits per heavy atom. The Kier molecular flexibility index (Phi) is 4.96. The lowest BCUT2D eigenvalue weighted by atomic mass is 9.99. The van der Waals surface area contributed by atoms with Gasteiger partial charge in [-0.3, -0.25) is 0 Å². The predicted molar refractivity (Wildman–Crippen MR) is 51.8 cm³/mol. The lowest BCUT2D eigenvalue weighted by molar-refractivity contribution is 0.0975. The van der Waals surface area contributed by atoms with Crippen LogP contribution in [0.25, 0.3) is 0 Å². The van der Waals surface area contributed by atoms with E-state index in [4.69, 9.17) is 0 Å². The molecule has 0 amide bonds. The number of nitrogens with one attached hydrogen (secondary N) is 1. The Hall–Kier alpha value is -0.520. The summed E-state index contributed by atoms with van der Waals surface area (Å²) in [6.07, 6.45) is 0.499. The van der Waals surface area contributed by atoms with Gasteiger partial charge in [0.25, 0.3) is 0 Å². The van der Waals surface area contributed by atoms with Gasteiger partial charge in [-0.2, -0.15) is 0 Å². The van der Waals surface area contributed by atoms with Crippen molar-refractivity contribution in [1.29, 1.82) is 0 Å². The molecule has 0 aliphatic heterocycles. The van der Waals surface area contributed by atoms with Crippen LogP contribution in [0.15, 0.2) is 0 Å². The average molecular weight is 169 g/mol. The monoisotopic (exact) mass is 169 g/mol. The SMILES string of the molecule is CC#CCCNC(C)(C)C(C)O. The molecule has 2 nitrogen and oxygen atoms in total. The van der Waals surface area contributed by atoms with Gasteiger partial charge in [0.15, 0.2) is 0 Å². The van der Waals surface area contributed by atoms with Gasteiger partial charge in [0.05, 0.1) is 6.10 Å². The van der Waals surface area contributed by atoms with Crippen LogP contribution < -0.4 is 5.32 Å². The number of aliphatic hydroxyl groups is 1. The summed E-state index contributed by atoms with van der Waals surface area (Å²) >= 11 is 0. The molecular weight excluding hydrogens is 150 g/mol. The standard InChI is InChI=1S/C10H19NO/c1-5-6-7-8-11-10(3,4)9(2)12/h9,11-12H,7-8H2,1-4H3. The molecule has 0 aromatic heterocycles. The third-order valence-electron chi connectivity index (χ3n) is 2.05. The third-order valence-corrected chi connectivity index (χ3v) is 2.05. The fourth-order valence-electron chi connectivity index (χ4n) is 0.720. The largest absolute Gasteiger partial charge is 0.392 e. The molecular formula is C10H19NO. The Morgan fingerprint density at radius 3 is 2.50 bits per heavy atom. The Morgan fingerprint density at radius 2 is 2.08 bits per heavy atom. The number of aliphatic hydroxyl groups excluding tert-OH is 1. The molecule has 0 aromatic rings. The van der Waals surface area contributed by atoms with Crippen LogP contribution in [0.1, 0.15) is 34.1 Å². The highest BCUT2D eigenvalue weighted by atomic mass is 16.3. The maximum Gasteiger partial charge on any atom is 0.0688 e. The van der Waals surface area contributed by atoms with Gasteiger partial charge in [0.2, 0.25) is 0 Å². The summed E-state index contributed by atoms with van der Waals surface area (Å²) in [7, 11) is 0. The molecule has 1 unspecified atom stereocenters. The first-order valence-electron chi connectivity index (χ1n) is 4.33. The van der Waals surface area contributed by atoms with E-state index in [1.54, 1.807) is 6.92 Å². The van der Waals surface area contributed by atoms with Gasteiger partial charge in [-0.25, -0.2) is 0 Å². The summed E-state index contributed by atoms with van der Waals surface area (Å²) in [5.41, 5.74) is -0.213. The highest BCUT2D eigenvalue weighted by Crippen LogP contribution is 2.07. The minimum Gasteiger partial charge on any atom is -0.392 e. The second-order valence-electron chi connectivity index (χ2n) is 3.50. The van der Waals surface area contributed by atoms with E-state index in [0.29, 0.717) is 0 Å². The first kappa shape index (κ1) is 11.5. The molecule has 0 saturated carbocycles. The van der Waals surface area contributed by atoms with Crippen LogP contribution in [0.3, 0.4) is 0 Å². The van der Waals surface area contributed by atoms with E-state index < -0.39 is 0 Å². The summed E-state index contributed by atoms with van der Waals surface area (Å²) in [6, 6.07) is 0. The van der Waals surface area contributed by atoms with E-state index in [0.717, 1.165) is 13.0 Å². The van der Waals surface area contributed by atoms with Crippen LogP contribution in [-0.4, -0.2) is 23.3 Å². The lowest BCUT2D eigenvalue weighted by Crippen LogP contribution is -2.48. The molecule has 0 aromatic carbocycles. The molecule has 1 atom stereocenters. The number of hydrogen-bond donors (Lipinski definition) is 2. The fourth-order valence-corrected chi connectivity index (χ4v) is 0.720. The molecule has 2 N–H and O–H groups in total. The molecule has 0 spiro atoms. The van der Waals surface area contributed by atoms with Gasteiger partial charge < -0.3 is 10.4 Å². The number of hydrogen-bond acceptors (Lipinski definition) is 2. The molecule has 70 valence electrons. The van der Waals surface area contributed by atoms with Crippen molar-refractivity contribution >= 4 is 0 Å². The van der Waals surface area contributed by atoms with Crippen LogP contribution >= 0.6 is 0 Å². The first-order valence-corrected chi connectivity index (χ1v) is 4.33. The van der Waals surface area contributed by atoms with Crippen LogP contribution in [0.5, 0.6) is 0 Å².